The monoisotopic (exact) mass is 464 g/mol. The molecule has 9 nitrogen and oxygen atoms in total. The molecule has 168 valence electrons. The molecule has 0 aliphatic carbocycles. The van der Waals surface area contributed by atoms with Crippen LogP contribution in [0.3, 0.4) is 0 Å². The van der Waals surface area contributed by atoms with Gasteiger partial charge >= 0.3 is 0 Å². The van der Waals surface area contributed by atoms with Crippen molar-refractivity contribution in [3.05, 3.63) is 75.0 Å². The molecule has 1 saturated heterocycles. The molecule has 10 heteroatoms. The van der Waals surface area contributed by atoms with Crippen molar-refractivity contribution in [2.75, 3.05) is 20.2 Å². The van der Waals surface area contributed by atoms with Crippen LogP contribution in [0, 0.1) is 0 Å². The lowest BCUT2D eigenvalue weighted by Gasteiger charge is -2.13. The number of imide groups is 1. The van der Waals surface area contributed by atoms with Gasteiger partial charge in [-0.05, 0) is 41.6 Å². The van der Waals surface area contributed by atoms with Crippen molar-refractivity contribution in [1.29, 1.82) is 0 Å². The minimum atomic E-state index is -0.498. The number of carbonyl (C=O) groups is 3. The lowest BCUT2D eigenvalue weighted by atomic mass is 10.1. The summed E-state index contributed by atoms with van der Waals surface area (Å²) >= 11 is 0.851. The average Bonchev–Trinajstić information content (AvgIpc) is 3.09. The quantitative estimate of drug-likeness (QED) is 0.558. The van der Waals surface area contributed by atoms with E-state index in [9.17, 15) is 19.2 Å². The molecule has 33 heavy (non-hydrogen) atoms. The van der Waals surface area contributed by atoms with Crippen LogP contribution < -0.4 is 15.6 Å². The summed E-state index contributed by atoms with van der Waals surface area (Å²) in [4.78, 5) is 51.3. The van der Waals surface area contributed by atoms with Crippen molar-refractivity contribution in [2.45, 2.75) is 0 Å². The molecule has 3 amide bonds. The van der Waals surface area contributed by atoms with E-state index in [0.29, 0.717) is 21.4 Å². The molecule has 0 spiro atoms. The Bertz CT molecular complexity index is 1350. The van der Waals surface area contributed by atoms with Gasteiger partial charge in [0.2, 0.25) is 0 Å². The highest BCUT2D eigenvalue weighted by Gasteiger charge is 2.34. The summed E-state index contributed by atoms with van der Waals surface area (Å²) in [6.07, 6.45) is 1.64. The molecule has 0 radical (unpaired) electrons. The van der Waals surface area contributed by atoms with Gasteiger partial charge in [-0.15, -0.1) is 0 Å². The first-order chi connectivity index (χ1) is 15.9. The van der Waals surface area contributed by atoms with E-state index in [1.54, 1.807) is 61.7 Å². The number of hydrogen-bond donors (Lipinski definition) is 1. The van der Waals surface area contributed by atoms with Crippen molar-refractivity contribution in [3.63, 3.8) is 0 Å². The predicted molar refractivity (Wildman–Crippen MR) is 125 cm³/mol. The molecule has 1 aliphatic rings. The Balaban J connectivity index is 1.43. The maximum atomic E-state index is 12.7. The van der Waals surface area contributed by atoms with Gasteiger partial charge in [0.15, 0.2) is 5.69 Å². The van der Waals surface area contributed by atoms with Gasteiger partial charge in [0.05, 0.1) is 17.4 Å². The SMILES string of the molecule is COc1ccc(/C=C2\SC(=O)N(CCNC(=O)c3nn(C)c(=O)c4ccccc34)C2=O)cc1. The number of hydrogen-bond acceptors (Lipinski definition) is 7. The van der Waals surface area contributed by atoms with Crippen molar-refractivity contribution in [1.82, 2.24) is 20.0 Å². The van der Waals surface area contributed by atoms with E-state index in [2.05, 4.69) is 10.4 Å². The Morgan fingerprint density at radius 2 is 1.79 bits per heavy atom. The highest BCUT2D eigenvalue weighted by molar-refractivity contribution is 8.18. The van der Waals surface area contributed by atoms with Gasteiger partial charge in [-0.1, -0.05) is 30.3 Å². The summed E-state index contributed by atoms with van der Waals surface area (Å²) in [5.41, 5.74) is 0.562. The summed E-state index contributed by atoms with van der Waals surface area (Å²) in [5.74, 6) is -0.222. The number of methoxy groups -OCH3 is 1. The predicted octanol–water partition coefficient (Wildman–Crippen LogP) is 2.41. The molecule has 1 aliphatic heterocycles. The fourth-order valence-corrected chi connectivity index (χ4v) is 4.24. The highest BCUT2D eigenvalue weighted by atomic mass is 32.2. The molecule has 0 unspecified atom stereocenters. The maximum absolute atomic E-state index is 12.7. The molecular formula is C23H20N4O5S. The zero-order valence-corrected chi connectivity index (χ0v) is 18.7. The molecule has 2 heterocycles. The van der Waals surface area contributed by atoms with Gasteiger partial charge in [-0.2, -0.15) is 5.10 Å². The minimum Gasteiger partial charge on any atom is -0.497 e. The van der Waals surface area contributed by atoms with Crippen LogP contribution >= 0.6 is 11.8 Å². The van der Waals surface area contributed by atoms with Crippen LogP contribution in [0.1, 0.15) is 16.1 Å². The van der Waals surface area contributed by atoms with Gasteiger partial charge in [0.1, 0.15) is 5.75 Å². The van der Waals surface area contributed by atoms with Crippen LogP contribution in [0.25, 0.3) is 16.8 Å². The Morgan fingerprint density at radius 3 is 2.48 bits per heavy atom. The number of thioether (sulfide) groups is 1. The molecule has 1 N–H and O–H groups in total. The first-order valence-electron chi connectivity index (χ1n) is 10.0. The van der Waals surface area contributed by atoms with E-state index in [1.807, 2.05) is 0 Å². The number of benzene rings is 2. The number of nitrogens with one attached hydrogen (secondary N) is 1. The summed E-state index contributed by atoms with van der Waals surface area (Å²) in [5, 5.41) is 7.17. The van der Waals surface area contributed by atoms with E-state index >= 15 is 0 Å². The van der Waals surface area contributed by atoms with Crippen LogP contribution in [0.4, 0.5) is 4.79 Å². The summed E-state index contributed by atoms with van der Waals surface area (Å²) in [6.45, 7) is 0.0611. The second kappa shape index (κ2) is 9.29. The van der Waals surface area contributed by atoms with E-state index < -0.39 is 17.1 Å². The zero-order valence-electron chi connectivity index (χ0n) is 17.9. The van der Waals surface area contributed by atoms with Crippen molar-refractivity contribution in [2.24, 2.45) is 7.05 Å². The number of ether oxygens (including phenoxy) is 1. The van der Waals surface area contributed by atoms with Gasteiger partial charge in [-0.25, -0.2) is 4.68 Å². The number of carbonyl (C=O) groups excluding carboxylic acids is 3. The van der Waals surface area contributed by atoms with Gasteiger partial charge in [-0.3, -0.25) is 24.1 Å². The molecule has 1 fully saturated rings. The third-order valence-electron chi connectivity index (χ3n) is 5.08. The fraction of sp³-hybridized carbons (Fsp3) is 0.174. The molecule has 1 aromatic heterocycles. The number of amides is 3. The van der Waals surface area contributed by atoms with Gasteiger partial charge in [0.25, 0.3) is 22.6 Å². The van der Waals surface area contributed by atoms with Crippen molar-refractivity contribution >= 4 is 45.7 Å². The van der Waals surface area contributed by atoms with E-state index in [1.165, 1.54) is 7.05 Å². The zero-order chi connectivity index (χ0) is 23.5. The van der Waals surface area contributed by atoms with Gasteiger partial charge < -0.3 is 10.1 Å². The Morgan fingerprint density at radius 1 is 1.09 bits per heavy atom. The third-order valence-corrected chi connectivity index (χ3v) is 5.99. The number of fused-ring (bicyclic) bond motifs is 1. The fourth-order valence-electron chi connectivity index (χ4n) is 3.38. The second-order valence-corrected chi connectivity index (χ2v) is 8.18. The average molecular weight is 465 g/mol. The maximum Gasteiger partial charge on any atom is 0.293 e. The molecule has 0 saturated carbocycles. The summed E-state index contributed by atoms with van der Waals surface area (Å²) in [7, 11) is 3.04. The minimum absolute atomic E-state index is 0.0139. The second-order valence-electron chi connectivity index (χ2n) is 7.19. The Hall–Kier alpha value is -3.92. The van der Waals surface area contributed by atoms with Crippen molar-refractivity contribution in [3.8, 4) is 5.75 Å². The van der Waals surface area contributed by atoms with Crippen molar-refractivity contribution < 1.29 is 19.1 Å². The summed E-state index contributed by atoms with van der Waals surface area (Å²) < 4.78 is 6.22. The van der Waals surface area contributed by atoms with Crippen LogP contribution in [0.2, 0.25) is 0 Å². The molecule has 0 atom stereocenters. The Labute approximate surface area is 193 Å². The smallest absolute Gasteiger partial charge is 0.293 e. The molecule has 4 rings (SSSR count). The molecule has 0 bridgehead atoms. The molecule has 2 aromatic carbocycles. The first kappa shape index (κ1) is 22.3. The molecular weight excluding hydrogens is 444 g/mol. The van der Waals surface area contributed by atoms with Crippen LogP contribution in [0.15, 0.2) is 58.2 Å². The number of nitrogens with zero attached hydrogens (tertiary/aromatic N) is 3. The normalized spacial score (nSPS) is 14.8. The lowest BCUT2D eigenvalue weighted by Crippen LogP contribution is -2.38. The molecule has 3 aromatic rings. The highest BCUT2D eigenvalue weighted by Crippen LogP contribution is 2.32. The lowest BCUT2D eigenvalue weighted by molar-refractivity contribution is -0.122. The third kappa shape index (κ3) is 4.51. The topological polar surface area (TPSA) is 111 Å². The van der Waals surface area contributed by atoms with Gasteiger partial charge in [0, 0.05) is 25.5 Å². The van der Waals surface area contributed by atoms with Crippen LogP contribution in [-0.2, 0) is 11.8 Å². The van der Waals surface area contributed by atoms with Crippen LogP contribution in [0.5, 0.6) is 5.75 Å². The van der Waals surface area contributed by atoms with E-state index in [-0.39, 0.29) is 24.3 Å². The van der Waals surface area contributed by atoms with Crippen LogP contribution in [-0.4, -0.2) is 51.9 Å². The number of rotatable bonds is 6. The first-order valence-corrected chi connectivity index (χ1v) is 10.8. The number of aryl methyl sites for hydroxylation is 1. The standard InChI is InChI=1S/C23H20N4O5S/c1-26-21(29)17-6-4-3-5-16(17)19(25-26)20(28)24-11-12-27-22(30)18(33-23(27)31)13-14-7-9-15(32-2)10-8-14/h3-10,13H,11-12H2,1-2H3,(H,24,28)/b18-13-. The van der Waals surface area contributed by atoms with E-state index in [4.69, 9.17) is 4.74 Å². The largest absolute Gasteiger partial charge is 0.497 e. The Kier molecular flexibility index (Phi) is 6.27. The van der Waals surface area contributed by atoms with E-state index in [0.717, 1.165) is 26.9 Å². The summed E-state index contributed by atoms with van der Waals surface area (Å²) in [6, 6.07) is 13.8. The number of aromatic nitrogens is 2.